The van der Waals surface area contributed by atoms with E-state index in [4.69, 9.17) is 0 Å². The van der Waals surface area contributed by atoms with Gasteiger partial charge >= 0.3 is 0 Å². The number of carbonyl (C=O) groups excluding carboxylic acids is 2. The number of nitrogens with one attached hydrogen (secondary N) is 1. The molecular formula is C18H30N4O2. The summed E-state index contributed by atoms with van der Waals surface area (Å²) in [5.41, 5.74) is 1.37. The van der Waals surface area contributed by atoms with Crippen molar-refractivity contribution in [2.45, 2.75) is 65.8 Å². The Kier molecular flexibility index (Phi) is 6.82. The van der Waals surface area contributed by atoms with Crippen LogP contribution in [-0.2, 0) is 13.0 Å². The molecule has 0 fully saturated rings. The number of imidazole rings is 1. The topological polar surface area (TPSA) is 67.2 Å². The van der Waals surface area contributed by atoms with Gasteiger partial charge in [-0.3, -0.25) is 9.59 Å². The van der Waals surface area contributed by atoms with Crippen molar-refractivity contribution in [2.75, 3.05) is 19.6 Å². The standard InChI is InChI=1S/C18H30N4O2/c1-4-7-9-12-19-17(23)15-14-11-8-10-13-22(14)16(20-15)18(24)21(5-2)6-3/h4-13H2,1-3H3,(H,19,23). The molecule has 1 aromatic heterocycles. The number of fused-ring (bicyclic) bond motifs is 1. The fourth-order valence-corrected chi connectivity index (χ4v) is 3.20. The quantitative estimate of drug-likeness (QED) is 0.743. The maximum atomic E-state index is 12.7. The lowest BCUT2D eigenvalue weighted by Crippen LogP contribution is -2.33. The van der Waals surface area contributed by atoms with Gasteiger partial charge in [0.2, 0.25) is 0 Å². The SMILES string of the molecule is CCCCCNC(=O)c1nc(C(=O)N(CC)CC)n2c1CCCC2. The van der Waals surface area contributed by atoms with Crippen molar-refractivity contribution >= 4 is 11.8 Å². The van der Waals surface area contributed by atoms with Gasteiger partial charge in [-0.25, -0.2) is 4.98 Å². The largest absolute Gasteiger partial charge is 0.351 e. The first-order chi connectivity index (χ1) is 11.6. The molecule has 1 aliphatic heterocycles. The highest BCUT2D eigenvalue weighted by atomic mass is 16.2. The third-order valence-corrected chi connectivity index (χ3v) is 4.64. The first-order valence-electron chi connectivity index (χ1n) is 9.30. The number of amides is 2. The van der Waals surface area contributed by atoms with Gasteiger partial charge in [0.05, 0.1) is 5.69 Å². The van der Waals surface area contributed by atoms with E-state index in [1.165, 1.54) is 0 Å². The summed E-state index contributed by atoms with van der Waals surface area (Å²) < 4.78 is 1.96. The predicted octanol–water partition coefficient (Wildman–Crippen LogP) is 2.62. The second-order valence-corrected chi connectivity index (χ2v) is 6.28. The van der Waals surface area contributed by atoms with E-state index < -0.39 is 0 Å². The maximum Gasteiger partial charge on any atom is 0.289 e. The molecule has 24 heavy (non-hydrogen) atoms. The van der Waals surface area contributed by atoms with Crippen molar-refractivity contribution in [3.8, 4) is 0 Å². The molecule has 0 bridgehead atoms. The van der Waals surface area contributed by atoms with Crippen molar-refractivity contribution in [1.82, 2.24) is 19.8 Å². The highest BCUT2D eigenvalue weighted by molar-refractivity contribution is 5.97. The van der Waals surface area contributed by atoms with Gasteiger partial charge in [-0.05, 0) is 39.5 Å². The lowest BCUT2D eigenvalue weighted by molar-refractivity contribution is 0.0754. The van der Waals surface area contributed by atoms with E-state index in [2.05, 4.69) is 17.2 Å². The zero-order chi connectivity index (χ0) is 17.5. The third kappa shape index (κ3) is 3.97. The highest BCUT2D eigenvalue weighted by Crippen LogP contribution is 2.22. The Bertz CT molecular complexity index is 576. The van der Waals surface area contributed by atoms with Crippen molar-refractivity contribution < 1.29 is 9.59 Å². The minimum atomic E-state index is -0.143. The van der Waals surface area contributed by atoms with Gasteiger partial charge in [0, 0.05) is 26.2 Å². The second-order valence-electron chi connectivity index (χ2n) is 6.28. The number of carbonyl (C=O) groups is 2. The molecule has 1 N–H and O–H groups in total. The van der Waals surface area contributed by atoms with E-state index in [0.29, 0.717) is 31.2 Å². The van der Waals surface area contributed by atoms with Gasteiger partial charge in [0.25, 0.3) is 11.8 Å². The fraction of sp³-hybridized carbons (Fsp3) is 0.722. The average molecular weight is 334 g/mol. The summed E-state index contributed by atoms with van der Waals surface area (Å²) >= 11 is 0. The molecule has 0 aromatic carbocycles. The molecule has 1 aliphatic rings. The zero-order valence-electron chi connectivity index (χ0n) is 15.2. The van der Waals surface area contributed by atoms with E-state index in [0.717, 1.165) is 50.8 Å². The van der Waals surface area contributed by atoms with Crippen LogP contribution < -0.4 is 5.32 Å². The average Bonchev–Trinajstić information content (AvgIpc) is 2.99. The summed E-state index contributed by atoms with van der Waals surface area (Å²) in [6, 6.07) is 0. The van der Waals surface area contributed by atoms with Crippen LogP contribution in [-0.4, -0.2) is 45.9 Å². The number of hydrogen-bond acceptors (Lipinski definition) is 3. The summed E-state index contributed by atoms with van der Waals surface area (Å²) in [6.07, 6.45) is 6.09. The normalized spacial score (nSPS) is 13.5. The van der Waals surface area contributed by atoms with Gasteiger partial charge < -0.3 is 14.8 Å². The van der Waals surface area contributed by atoms with Crippen molar-refractivity contribution in [3.63, 3.8) is 0 Å². The monoisotopic (exact) mass is 334 g/mol. The molecule has 2 heterocycles. The van der Waals surface area contributed by atoms with Gasteiger partial charge in [0.15, 0.2) is 5.82 Å². The number of nitrogens with zero attached hydrogens (tertiary/aromatic N) is 3. The van der Waals surface area contributed by atoms with Crippen LogP contribution in [0.3, 0.4) is 0 Å². The summed E-state index contributed by atoms with van der Waals surface area (Å²) in [6.45, 7) is 8.79. The molecule has 0 spiro atoms. The molecular weight excluding hydrogens is 304 g/mol. The molecule has 0 radical (unpaired) electrons. The smallest absolute Gasteiger partial charge is 0.289 e. The molecule has 0 atom stereocenters. The van der Waals surface area contributed by atoms with Crippen LogP contribution in [0.5, 0.6) is 0 Å². The summed E-state index contributed by atoms with van der Waals surface area (Å²) in [4.78, 5) is 31.5. The van der Waals surface area contributed by atoms with Crippen LogP contribution in [0.15, 0.2) is 0 Å². The van der Waals surface area contributed by atoms with Gasteiger partial charge in [-0.2, -0.15) is 0 Å². The highest BCUT2D eigenvalue weighted by Gasteiger charge is 2.28. The van der Waals surface area contributed by atoms with E-state index in [9.17, 15) is 9.59 Å². The third-order valence-electron chi connectivity index (χ3n) is 4.64. The minimum absolute atomic E-state index is 0.0758. The number of unbranched alkanes of at least 4 members (excludes halogenated alkanes) is 2. The lowest BCUT2D eigenvalue weighted by atomic mass is 10.1. The molecule has 2 rings (SSSR count). The van der Waals surface area contributed by atoms with Crippen LogP contribution in [0.2, 0.25) is 0 Å². The van der Waals surface area contributed by atoms with Gasteiger partial charge in [0.1, 0.15) is 5.69 Å². The first kappa shape index (κ1) is 18.5. The van der Waals surface area contributed by atoms with Crippen molar-refractivity contribution in [2.24, 2.45) is 0 Å². The van der Waals surface area contributed by atoms with Crippen LogP contribution >= 0.6 is 0 Å². The van der Waals surface area contributed by atoms with E-state index >= 15 is 0 Å². The van der Waals surface area contributed by atoms with Crippen LogP contribution in [0.1, 0.15) is 79.7 Å². The van der Waals surface area contributed by atoms with Crippen LogP contribution in [0, 0.1) is 0 Å². The van der Waals surface area contributed by atoms with E-state index in [1.807, 2.05) is 18.4 Å². The predicted molar refractivity (Wildman–Crippen MR) is 94.3 cm³/mol. The molecule has 0 unspecified atom stereocenters. The van der Waals surface area contributed by atoms with E-state index in [-0.39, 0.29) is 11.8 Å². The van der Waals surface area contributed by atoms with Gasteiger partial charge in [-0.1, -0.05) is 19.8 Å². The maximum absolute atomic E-state index is 12.7. The molecule has 1 aromatic rings. The molecule has 134 valence electrons. The second kappa shape index (κ2) is 8.85. The molecule has 6 heteroatoms. The molecule has 6 nitrogen and oxygen atoms in total. The summed E-state index contributed by atoms with van der Waals surface area (Å²) in [5, 5.41) is 2.95. The summed E-state index contributed by atoms with van der Waals surface area (Å²) in [7, 11) is 0. The van der Waals surface area contributed by atoms with Crippen LogP contribution in [0.25, 0.3) is 0 Å². The van der Waals surface area contributed by atoms with Crippen molar-refractivity contribution in [1.29, 1.82) is 0 Å². The minimum Gasteiger partial charge on any atom is -0.351 e. The van der Waals surface area contributed by atoms with Crippen molar-refractivity contribution in [3.05, 3.63) is 17.2 Å². The zero-order valence-corrected chi connectivity index (χ0v) is 15.2. The van der Waals surface area contributed by atoms with Crippen LogP contribution in [0.4, 0.5) is 0 Å². The number of aromatic nitrogens is 2. The fourth-order valence-electron chi connectivity index (χ4n) is 3.20. The lowest BCUT2D eigenvalue weighted by Gasteiger charge is -2.21. The number of hydrogen-bond donors (Lipinski definition) is 1. The Morgan fingerprint density at radius 1 is 1.17 bits per heavy atom. The molecule has 0 saturated heterocycles. The Balaban J connectivity index is 2.23. The van der Waals surface area contributed by atoms with Gasteiger partial charge in [-0.15, -0.1) is 0 Å². The Hall–Kier alpha value is -1.85. The Morgan fingerprint density at radius 2 is 1.92 bits per heavy atom. The Labute approximate surface area is 144 Å². The molecule has 0 aliphatic carbocycles. The van der Waals surface area contributed by atoms with E-state index in [1.54, 1.807) is 4.90 Å². The molecule has 2 amide bonds. The Morgan fingerprint density at radius 3 is 2.58 bits per heavy atom. The molecule has 0 saturated carbocycles. The summed E-state index contributed by atoms with van der Waals surface area (Å²) in [5.74, 6) is 0.204. The number of rotatable bonds is 8. The first-order valence-corrected chi connectivity index (χ1v) is 9.30.